The first-order valence-electron chi connectivity index (χ1n) is 6.19. The van der Waals surface area contributed by atoms with Crippen molar-refractivity contribution >= 4 is 23.4 Å². The second-order valence-electron chi connectivity index (χ2n) is 4.42. The minimum atomic E-state index is -0.255. The molecule has 1 aliphatic heterocycles. The molecule has 18 heavy (non-hydrogen) atoms. The van der Waals surface area contributed by atoms with Gasteiger partial charge in [-0.1, -0.05) is 17.7 Å². The van der Waals surface area contributed by atoms with Crippen molar-refractivity contribution in [3.63, 3.8) is 0 Å². The van der Waals surface area contributed by atoms with Crippen LogP contribution in [0.15, 0.2) is 18.2 Å². The highest BCUT2D eigenvalue weighted by Crippen LogP contribution is 2.26. The summed E-state index contributed by atoms with van der Waals surface area (Å²) >= 11 is 7.74. The zero-order valence-electron chi connectivity index (χ0n) is 10.2. The summed E-state index contributed by atoms with van der Waals surface area (Å²) in [4.78, 5) is 2.28. The Bertz CT molecular complexity index is 395. The van der Waals surface area contributed by atoms with Crippen LogP contribution in [-0.4, -0.2) is 36.0 Å². The highest BCUT2D eigenvalue weighted by atomic mass is 35.5. The van der Waals surface area contributed by atoms with Gasteiger partial charge in [0, 0.05) is 35.5 Å². The molecule has 0 bridgehead atoms. The molecule has 0 radical (unpaired) electrons. The first-order chi connectivity index (χ1) is 8.72. The third-order valence-electron chi connectivity index (χ3n) is 3.24. The van der Waals surface area contributed by atoms with Crippen molar-refractivity contribution in [2.75, 3.05) is 31.1 Å². The first-order valence-corrected chi connectivity index (χ1v) is 7.72. The Kier molecular flexibility index (Phi) is 5.30. The van der Waals surface area contributed by atoms with E-state index < -0.39 is 0 Å². The Balaban J connectivity index is 2.20. The molecule has 0 aromatic heterocycles. The summed E-state index contributed by atoms with van der Waals surface area (Å²) in [6.45, 7) is 2.38. The number of benzene rings is 1. The minimum absolute atomic E-state index is 0.0408. The van der Waals surface area contributed by atoms with Crippen LogP contribution in [0.4, 0.5) is 4.39 Å². The molecule has 100 valence electrons. The second kappa shape index (κ2) is 6.75. The number of nitrogens with two attached hydrogens (primary N) is 1. The van der Waals surface area contributed by atoms with E-state index in [0.29, 0.717) is 17.1 Å². The molecule has 1 unspecified atom stereocenters. The average molecular weight is 289 g/mol. The highest BCUT2D eigenvalue weighted by molar-refractivity contribution is 7.99. The van der Waals surface area contributed by atoms with Crippen molar-refractivity contribution in [2.45, 2.75) is 12.5 Å². The maximum atomic E-state index is 14.0. The normalized spacial score (nSPS) is 19.5. The standard InChI is InChI=1S/C13H18ClFN2S/c14-10-2-3-11(12(15)8-10)13(9-16)17-4-1-6-18-7-5-17/h2-3,8,13H,1,4-7,9,16H2. The number of thioether (sulfide) groups is 1. The summed E-state index contributed by atoms with van der Waals surface area (Å²) in [5.41, 5.74) is 6.51. The number of rotatable bonds is 3. The molecule has 1 aliphatic rings. The van der Waals surface area contributed by atoms with Gasteiger partial charge in [-0.15, -0.1) is 0 Å². The van der Waals surface area contributed by atoms with E-state index in [4.69, 9.17) is 17.3 Å². The predicted molar refractivity (Wildman–Crippen MR) is 76.7 cm³/mol. The Morgan fingerprint density at radius 2 is 2.22 bits per heavy atom. The third kappa shape index (κ3) is 3.38. The fraction of sp³-hybridized carbons (Fsp3) is 0.538. The number of halogens is 2. The van der Waals surface area contributed by atoms with Crippen LogP contribution >= 0.6 is 23.4 Å². The van der Waals surface area contributed by atoms with Gasteiger partial charge in [-0.25, -0.2) is 4.39 Å². The van der Waals surface area contributed by atoms with Gasteiger partial charge in [0.15, 0.2) is 0 Å². The highest BCUT2D eigenvalue weighted by Gasteiger charge is 2.22. The smallest absolute Gasteiger partial charge is 0.129 e. The van der Waals surface area contributed by atoms with Gasteiger partial charge in [-0.3, -0.25) is 4.90 Å². The lowest BCUT2D eigenvalue weighted by atomic mass is 10.0. The molecule has 1 heterocycles. The third-order valence-corrected chi connectivity index (χ3v) is 4.53. The Hall–Kier alpha value is -0.290. The Morgan fingerprint density at radius 3 is 2.94 bits per heavy atom. The van der Waals surface area contributed by atoms with Crippen LogP contribution in [0.25, 0.3) is 0 Å². The monoisotopic (exact) mass is 288 g/mol. The van der Waals surface area contributed by atoms with Gasteiger partial charge in [0.05, 0.1) is 0 Å². The molecule has 2 nitrogen and oxygen atoms in total. The van der Waals surface area contributed by atoms with Crippen molar-refractivity contribution in [2.24, 2.45) is 5.73 Å². The van der Waals surface area contributed by atoms with Crippen molar-refractivity contribution in [3.05, 3.63) is 34.6 Å². The predicted octanol–water partition coefficient (Wildman–Crippen LogP) is 2.92. The van der Waals surface area contributed by atoms with Gasteiger partial charge in [0.25, 0.3) is 0 Å². The SMILES string of the molecule is NCC(c1ccc(Cl)cc1F)N1CCCSCC1. The summed E-state index contributed by atoms with van der Waals surface area (Å²) in [6.07, 6.45) is 1.14. The summed E-state index contributed by atoms with van der Waals surface area (Å²) < 4.78 is 14.0. The molecule has 1 fully saturated rings. The molecule has 5 heteroatoms. The van der Waals surface area contributed by atoms with Gasteiger partial charge in [-0.05, 0) is 30.9 Å². The van der Waals surface area contributed by atoms with Crippen molar-refractivity contribution in [1.29, 1.82) is 0 Å². The number of nitrogens with zero attached hydrogens (tertiary/aromatic N) is 1. The van der Waals surface area contributed by atoms with E-state index in [0.717, 1.165) is 25.3 Å². The van der Waals surface area contributed by atoms with Crippen LogP contribution in [-0.2, 0) is 0 Å². The van der Waals surface area contributed by atoms with E-state index in [2.05, 4.69) is 4.90 Å². The molecule has 2 N–H and O–H groups in total. The van der Waals surface area contributed by atoms with Crippen molar-refractivity contribution in [3.8, 4) is 0 Å². The quantitative estimate of drug-likeness (QED) is 0.927. The second-order valence-corrected chi connectivity index (χ2v) is 6.08. The molecule has 0 saturated carbocycles. The molecule has 0 aliphatic carbocycles. The van der Waals surface area contributed by atoms with E-state index in [1.165, 1.54) is 11.8 Å². The van der Waals surface area contributed by atoms with Gasteiger partial charge < -0.3 is 5.73 Å². The molecule has 2 rings (SSSR count). The van der Waals surface area contributed by atoms with Crippen LogP contribution in [0.3, 0.4) is 0 Å². The molecule has 1 saturated heterocycles. The van der Waals surface area contributed by atoms with Gasteiger partial charge >= 0.3 is 0 Å². The molecular formula is C13H18ClFN2S. The molecule has 0 amide bonds. The maximum Gasteiger partial charge on any atom is 0.129 e. The fourth-order valence-corrected chi connectivity index (χ4v) is 3.38. The van der Waals surface area contributed by atoms with E-state index in [9.17, 15) is 4.39 Å². The first kappa shape index (κ1) is 14.1. The fourth-order valence-electron chi connectivity index (χ4n) is 2.32. The molecule has 1 atom stereocenters. The Labute approximate surface area is 117 Å². The topological polar surface area (TPSA) is 29.3 Å². The number of hydrogen-bond donors (Lipinski definition) is 1. The summed E-state index contributed by atoms with van der Waals surface area (Å²) in [6, 6.07) is 4.81. The van der Waals surface area contributed by atoms with Crippen molar-refractivity contribution < 1.29 is 4.39 Å². The molecule has 0 spiro atoms. The lowest BCUT2D eigenvalue weighted by Gasteiger charge is -2.30. The average Bonchev–Trinajstić information content (AvgIpc) is 2.62. The van der Waals surface area contributed by atoms with Crippen LogP contribution in [0.2, 0.25) is 5.02 Å². The van der Waals surface area contributed by atoms with E-state index >= 15 is 0 Å². The van der Waals surface area contributed by atoms with E-state index in [-0.39, 0.29) is 11.9 Å². The zero-order chi connectivity index (χ0) is 13.0. The van der Waals surface area contributed by atoms with E-state index in [1.54, 1.807) is 12.1 Å². The van der Waals surface area contributed by atoms with E-state index in [1.807, 2.05) is 11.8 Å². The Morgan fingerprint density at radius 1 is 1.39 bits per heavy atom. The molecular weight excluding hydrogens is 271 g/mol. The van der Waals surface area contributed by atoms with Crippen LogP contribution in [0.5, 0.6) is 0 Å². The number of hydrogen-bond acceptors (Lipinski definition) is 3. The van der Waals surface area contributed by atoms with Crippen LogP contribution in [0, 0.1) is 5.82 Å². The minimum Gasteiger partial charge on any atom is -0.329 e. The largest absolute Gasteiger partial charge is 0.329 e. The molecule has 1 aromatic carbocycles. The summed E-state index contributed by atoms with van der Waals surface area (Å²) in [5.74, 6) is 2.01. The maximum absolute atomic E-state index is 14.0. The lowest BCUT2D eigenvalue weighted by molar-refractivity contribution is 0.214. The summed E-state index contributed by atoms with van der Waals surface area (Å²) in [5, 5.41) is 0.429. The van der Waals surface area contributed by atoms with Crippen LogP contribution in [0.1, 0.15) is 18.0 Å². The van der Waals surface area contributed by atoms with Gasteiger partial charge in [-0.2, -0.15) is 11.8 Å². The molecule has 1 aromatic rings. The van der Waals surface area contributed by atoms with Crippen LogP contribution < -0.4 is 5.73 Å². The zero-order valence-corrected chi connectivity index (χ0v) is 11.8. The lowest BCUT2D eigenvalue weighted by Crippen LogP contribution is -2.35. The van der Waals surface area contributed by atoms with Crippen molar-refractivity contribution in [1.82, 2.24) is 4.90 Å². The van der Waals surface area contributed by atoms with Gasteiger partial charge in [0.1, 0.15) is 5.82 Å². The summed E-state index contributed by atoms with van der Waals surface area (Å²) in [7, 11) is 0. The van der Waals surface area contributed by atoms with Gasteiger partial charge in [0.2, 0.25) is 0 Å².